The minimum atomic E-state index is -1.49. The molecule has 2 aromatic carbocycles. The van der Waals surface area contributed by atoms with Gasteiger partial charge < -0.3 is 4.74 Å². The van der Waals surface area contributed by atoms with Crippen LogP contribution < -0.4 is 0 Å². The van der Waals surface area contributed by atoms with Gasteiger partial charge in [-0.3, -0.25) is 9.00 Å². The molecule has 2 atom stereocenters. The molecular weight excluding hydrogens is 284 g/mol. The van der Waals surface area contributed by atoms with E-state index in [4.69, 9.17) is 4.74 Å². The monoisotopic (exact) mass is 302 g/mol. The van der Waals surface area contributed by atoms with Gasteiger partial charge >= 0.3 is 5.97 Å². The lowest BCUT2D eigenvalue weighted by Gasteiger charge is -2.16. The lowest BCUT2D eigenvalue weighted by molar-refractivity contribution is -0.142. The Morgan fingerprint density at radius 3 is 2.48 bits per heavy atom. The van der Waals surface area contributed by atoms with Crippen molar-refractivity contribution >= 4 is 16.8 Å². The number of carbonyl (C=O) groups excluding carboxylic acids is 1. The first kappa shape index (κ1) is 15.4. The molecule has 21 heavy (non-hydrogen) atoms. The van der Waals surface area contributed by atoms with Crippen LogP contribution in [0.2, 0.25) is 0 Å². The Morgan fingerprint density at radius 1 is 1.14 bits per heavy atom. The summed E-state index contributed by atoms with van der Waals surface area (Å²) in [5.74, 6) is -0.455. The Balaban J connectivity index is 2.40. The average molecular weight is 302 g/mol. The molecule has 110 valence electrons. The largest absolute Gasteiger partial charge is 0.465 e. The molecule has 0 fully saturated rings. The van der Waals surface area contributed by atoms with Crippen molar-refractivity contribution in [2.75, 3.05) is 6.61 Å². The Hall–Kier alpha value is -1.94. The van der Waals surface area contributed by atoms with Gasteiger partial charge in [-0.25, -0.2) is 0 Å². The highest BCUT2D eigenvalue weighted by atomic mass is 32.2. The van der Waals surface area contributed by atoms with E-state index in [2.05, 4.69) is 0 Å². The highest BCUT2D eigenvalue weighted by molar-refractivity contribution is 7.86. The average Bonchev–Trinajstić information content (AvgIpc) is 2.49. The molecule has 0 spiro atoms. The van der Waals surface area contributed by atoms with E-state index in [1.165, 1.54) is 0 Å². The molecule has 0 bridgehead atoms. The number of hydrogen-bond acceptors (Lipinski definition) is 3. The Labute approximate surface area is 127 Å². The molecule has 0 aliphatic carbocycles. The van der Waals surface area contributed by atoms with Crippen LogP contribution in [0.1, 0.15) is 23.3 Å². The van der Waals surface area contributed by atoms with Crippen LogP contribution in [0.4, 0.5) is 0 Å². The molecule has 2 rings (SSSR count). The predicted molar refractivity (Wildman–Crippen MR) is 83.4 cm³/mol. The summed E-state index contributed by atoms with van der Waals surface area (Å²) < 4.78 is 17.9. The third-order valence-corrected chi connectivity index (χ3v) is 4.65. The molecule has 3 nitrogen and oxygen atoms in total. The fourth-order valence-electron chi connectivity index (χ4n) is 2.07. The zero-order valence-corrected chi connectivity index (χ0v) is 12.9. The Bertz CT molecular complexity index is 637. The molecular formula is C17H18O3S. The third-order valence-electron chi connectivity index (χ3n) is 3.04. The molecule has 0 amide bonds. The minimum Gasteiger partial charge on any atom is -0.465 e. The summed E-state index contributed by atoms with van der Waals surface area (Å²) in [5.41, 5.74) is 1.72. The van der Waals surface area contributed by atoms with Crippen LogP contribution in [0, 0.1) is 6.92 Å². The molecule has 4 heteroatoms. The standard InChI is InChI=1S/C17H18O3S/c1-3-20-17(18)16(14-9-5-4-6-10-14)21(19)15-11-7-8-13(2)12-15/h4-12,16H,3H2,1-2H3. The highest BCUT2D eigenvalue weighted by Gasteiger charge is 2.29. The van der Waals surface area contributed by atoms with E-state index in [-0.39, 0.29) is 6.61 Å². The van der Waals surface area contributed by atoms with Crippen LogP contribution in [0.25, 0.3) is 0 Å². The lowest BCUT2D eigenvalue weighted by atomic mass is 10.1. The van der Waals surface area contributed by atoms with E-state index in [1.54, 1.807) is 25.1 Å². The summed E-state index contributed by atoms with van der Waals surface area (Å²) in [6.07, 6.45) is 0. The van der Waals surface area contributed by atoms with Crippen molar-refractivity contribution in [1.82, 2.24) is 0 Å². The Kier molecular flexibility index (Phi) is 5.28. The van der Waals surface area contributed by atoms with Gasteiger partial charge in [0.05, 0.1) is 17.4 Å². The zero-order valence-electron chi connectivity index (χ0n) is 12.1. The maximum atomic E-state index is 12.8. The maximum absolute atomic E-state index is 12.8. The van der Waals surface area contributed by atoms with Gasteiger partial charge in [0.2, 0.25) is 0 Å². The summed E-state index contributed by atoms with van der Waals surface area (Å²) in [4.78, 5) is 12.9. The number of esters is 1. The lowest BCUT2D eigenvalue weighted by Crippen LogP contribution is -2.20. The second-order valence-electron chi connectivity index (χ2n) is 4.66. The van der Waals surface area contributed by atoms with Gasteiger partial charge in [0.15, 0.2) is 5.25 Å². The van der Waals surface area contributed by atoms with Crippen LogP contribution in [0.5, 0.6) is 0 Å². The van der Waals surface area contributed by atoms with Crippen LogP contribution in [0.3, 0.4) is 0 Å². The normalized spacial score (nSPS) is 13.4. The van der Waals surface area contributed by atoms with E-state index in [1.807, 2.05) is 43.3 Å². The fraction of sp³-hybridized carbons (Fsp3) is 0.235. The van der Waals surface area contributed by atoms with E-state index in [0.717, 1.165) is 5.56 Å². The van der Waals surface area contributed by atoms with E-state index in [9.17, 15) is 9.00 Å². The number of hydrogen-bond donors (Lipinski definition) is 0. The molecule has 0 N–H and O–H groups in total. The van der Waals surface area contributed by atoms with Gasteiger partial charge in [0.25, 0.3) is 0 Å². The summed E-state index contributed by atoms with van der Waals surface area (Å²) in [7, 11) is -1.49. The third kappa shape index (κ3) is 3.79. The second kappa shape index (κ2) is 7.18. The number of rotatable bonds is 5. The maximum Gasteiger partial charge on any atom is 0.326 e. The fourth-order valence-corrected chi connectivity index (χ4v) is 3.50. The zero-order chi connectivity index (χ0) is 15.2. The van der Waals surface area contributed by atoms with E-state index in [0.29, 0.717) is 10.5 Å². The highest BCUT2D eigenvalue weighted by Crippen LogP contribution is 2.27. The van der Waals surface area contributed by atoms with Crippen LogP contribution >= 0.6 is 0 Å². The van der Waals surface area contributed by atoms with Gasteiger partial charge in [0, 0.05) is 4.90 Å². The summed E-state index contributed by atoms with van der Waals surface area (Å²) >= 11 is 0. The summed E-state index contributed by atoms with van der Waals surface area (Å²) in [6.45, 7) is 3.95. The first-order valence-corrected chi connectivity index (χ1v) is 8.03. The molecule has 0 heterocycles. The predicted octanol–water partition coefficient (Wildman–Crippen LogP) is 3.41. The van der Waals surface area contributed by atoms with Crippen molar-refractivity contribution in [2.24, 2.45) is 0 Å². The van der Waals surface area contributed by atoms with Crippen LogP contribution in [-0.2, 0) is 20.3 Å². The molecule has 0 aliphatic heterocycles. The number of benzene rings is 2. The molecule has 0 radical (unpaired) electrons. The van der Waals surface area contributed by atoms with Crippen molar-refractivity contribution in [2.45, 2.75) is 24.0 Å². The first-order valence-electron chi connectivity index (χ1n) is 6.82. The van der Waals surface area contributed by atoms with Crippen LogP contribution in [0.15, 0.2) is 59.5 Å². The van der Waals surface area contributed by atoms with E-state index < -0.39 is 22.0 Å². The van der Waals surface area contributed by atoms with Gasteiger partial charge in [-0.05, 0) is 37.1 Å². The van der Waals surface area contributed by atoms with Gasteiger partial charge in [-0.2, -0.15) is 0 Å². The van der Waals surface area contributed by atoms with Crippen molar-refractivity contribution in [3.8, 4) is 0 Å². The molecule has 2 aromatic rings. The smallest absolute Gasteiger partial charge is 0.326 e. The van der Waals surface area contributed by atoms with Crippen molar-refractivity contribution in [3.05, 3.63) is 65.7 Å². The quantitative estimate of drug-likeness (QED) is 0.795. The number of carbonyl (C=O) groups is 1. The SMILES string of the molecule is CCOC(=O)C(c1ccccc1)S(=O)c1cccc(C)c1. The molecule has 2 unspecified atom stereocenters. The molecule has 0 saturated carbocycles. The number of aryl methyl sites for hydroxylation is 1. The number of ether oxygens (including phenoxy) is 1. The molecule has 0 aliphatic rings. The second-order valence-corrected chi connectivity index (χ2v) is 6.19. The van der Waals surface area contributed by atoms with Gasteiger partial charge in [0.1, 0.15) is 0 Å². The van der Waals surface area contributed by atoms with Crippen molar-refractivity contribution in [1.29, 1.82) is 0 Å². The first-order chi connectivity index (χ1) is 10.1. The van der Waals surface area contributed by atoms with Gasteiger partial charge in [-0.15, -0.1) is 0 Å². The Morgan fingerprint density at radius 2 is 1.86 bits per heavy atom. The van der Waals surface area contributed by atoms with E-state index >= 15 is 0 Å². The van der Waals surface area contributed by atoms with Gasteiger partial charge in [-0.1, -0.05) is 42.5 Å². The summed E-state index contributed by atoms with van der Waals surface area (Å²) in [5, 5.41) is -0.798. The van der Waals surface area contributed by atoms with Crippen molar-refractivity contribution < 1.29 is 13.7 Å². The molecule has 0 saturated heterocycles. The van der Waals surface area contributed by atoms with Crippen LogP contribution in [-0.4, -0.2) is 16.8 Å². The summed E-state index contributed by atoms with van der Waals surface area (Å²) in [6, 6.07) is 16.5. The topological polar surface area (TPSA) is 43.4 Å². The van der Waals surface area contributed by atoms with Crippen molar-refractivity contribution in [3.63, 3.8) is 0 Å². The molecule has 0 aromatic heterocycles. The minimum absolute atomic E-state index is 0.271.